The van der Waals surface area contributed by atoms with Crippen LogP contribution in [0.25, 0.3) is 0 Å². The van der Waals surface area contributed by atoms with Gasteiger partial charge in [0, 0.05) is 25.8 Å². The standard InChI is InChI=1S/C18H21N3O3S/c1-20(14-6-4-3-5-7-14)15-8-9-17(19-12-15)18(22)21(2)16-10-11-25(23,24)13-16/h3-9,12,16H,10-11,13H2,1-2H3. The highest BCUT2D eigenvalue weighted by Crippen LogP contribution is 2.23. The second kappa shape index (κ2) is 6.84. The maximum absolute atomic E-state index is 12.5. The third-order valence-corrected chi connectivity index (χ3v) is 6.32. The average molecular weight is 359 g/mol. The predicted octanol–water partition coefficient (Wildman–Crippen LogP) is 2.11. The normalized spacial score (nSPS) is 18.7. The van der Waals surface area contributed by atoms with Crippen molar-refractivity contribution in [3.63, 3.8) is 0 Å². The van der Waals surface area contributed by atoms with Gasteiger partial charge < -0.3 is 9.80 Å². The van der Waals surface area contributed by atoms with E-state index in [0.717, 1.165) is 11.4 Å². The summed E-state index contributed by atoms with van der Waals surface area (Å²) < 4.78 is 23.2. The van der Waals surface area contributed by atoms with Gasteiger partial charge in [-0.15, -0.1) is 0 Å². The molecule has 6 nitrogen and oxygen atoms in total. The molecule has 0 radical (unpaired) electrons. The molecule has 7 heteroatoms. The molecular formula is C18H21N3O3S. The van der Waals surface area contributed by atoms with E-state index < -0.39 is 9.84 Å². The Labute approximate surface area is 148 Å². The molecule has 0 aliphatic carbocycles. The number of rotatable bonds is 4. The molecule has 1 aromatic carbocycles. The molecule has 1 aromatic heterocycles. The molecule has 1 aliphatic heterocycles. The number of benzene rings is 1. The summed E-state index contributed by atoms with van der Waals surface area (Å²) in [5, 5.41) is 0. The fourth-order valence-electron chi connectivity index (χ4n) is 2.94. The van der Waals surface area contributed by atoms with Crippen LogP contribution in [0.1, 0.15) is 16.9 Å². The van der Waals surface area contributed by atoms with Gasteiger partial charge in [-0.1, -0.05) is 18.2 Å². The fraction of sp³-hybridized carbons (Fsp3) is 0.333. The maximum atomic E-state index is 12.5. The summed E-state index contributed by atoms with van der Waals surface area (Å²) in [5.74, 6) is -0.0795. The van der Waals surface area contributed by atoms with Gasteiger partial charge in [-0.05, 0) is 30.7 Å². The molecule has 1 unspecified atom stereocenters. The lowest BCUT2D eigenvalue weighted by molar-refractivity contribution is 0.0742. The van der Waals surface area contributed by atoms with Crippen LogP contribution in [0.3, 0.4) is 0 Å². The zero-order chi connectivity index (χ0) is 18.0. The fourth-order valence-corrected chi connectivity index (χ4v) is 4.71. The Kier molecular flexibility index (Phi) is 4.76. The number of pyridine rings is 1. The number of aromatic nitrogens is 1. The lowest BCUT2D eigenvalue weighted by Gasteiger charge is -2.23. The van der Waals surface area contributed by atoms with Crippen molar-refractivity contribution in [1.29, 1.82) is 0 Å². The molecule has 0 spiro atoms. The number of carbonyl (C=O) groups is 1. The minimum absolute atomic E-state index is 0.0318. The number of amides is 1. The second-order valence-electron chi connectivity index (χ2n) is 6.27. The Morgan fingerprint density at radius 2 is 1.80 bits per heavy atom. The maximum Gasteiger partial charge on any atom is 0.272 e. The summed E-state index contributed by atoms with van der Waals surface area (Å²) in [4.78, 5) is 20.3. The van der Waals surface area contributed by atoms with Crippen LogP contribution in [0, 0.1) is 0 Å². The molecule has 0 N–H and O–H groups in total. The second-order valence-corrected chi connectivity index (χ2v) is 8.50. The first kappa shape index (κ1) is 17.4. The molecule has 1 aliphatic rings. The Balaban J connectivity index is 1.72. The third kappa shape index (κ3) is 3.82. The van der Waals surface area contributed by atoms with Crippen LogP contribution in [0.2, 0.25) is 0 Å². The van der Waals surface area contributed by atoms with E-state index in [1.807, 2.05) is 48.3 Å². The molecule has 132 valence electrons. The third-order valence-electron chi connectivity index (χ3n) is 4.57. The van der Waals surface area contributed by atoms with Crippen LogP contribution in [-0.2, 0) is 9.84 Å². The molecule has 25 heavy (non-hydrogen) atoms. The number of hydrogen-bond donors (Lipinski definition) is 0. The van der Waals surface area contributed by atoms with Gasteiger partial charge in [0.15, 0.2) is 9.84 Å². The lowest BCUT2D eigenvalue weighted by Crippen LogP contribution is -2.38. The number of para-hydroxylation sites is 1. The first-order valence-corrected chi connectivity index (χ1v) is 9.92. The quantitative estimate of drug-likeness (QED) is 0.836. The summed E-state index contributed by atoms with van der Waals surface area (Å²) in [5.41, 5.74) is 2.21. The molecule has 0 bridgehead atoms. The number of hydrogen-bond acceptors (Lipinski definition) is 5. The first-order valence-electron chi connectivity index (χ1n) is 8.10. The van der Waals surface area contributed by atoms with E-state index in [-0.39, 0.29) is 23.5 Å². The van der Waals surface area contributed by atoms with Gasteiger partial charge in [0.2, 0.25) is 0 Å². The van der Waals surface area contributed by atoms with Crippen molar-refractivity contribution in [3.8, 4) is 0 Å². The molecule has 1 atom stereocenters. The van der Waals surface area contributed by atoms with Gasteiger partial charge in [0.1, 0.15) is 5.69 Å². The Hall–Kier alpha value is -2.41. The van der Waals surface area contributed by atoms with Crippen molar-refractivity contribution in [3.05, 3.63) is 54.4 Å². The SMILES string of the molecule is CN(c1ccccc1)c1ccc(C(=O)N(C)C2CCS(=O)(=O)C2)nc1. The molecule has 3 rings (SSSR count). The zero-order valence-corrected chi connectivity index (χ0v) is 15.1. The molecule has 0 saturated carbocycles. The van der Waals surface area contributed by atoms with Crippen molar-refractivity contribution in [2.24, 2.45) is 0 Å². The summed E-state index contributed by atoms with van der Waals surface area (Å²) in [7, 11) is 0.547. The minimum atomic E-state index is -3.03. The minimum Gasteiger partial charge on any atom is -0.343 e. The number of nitrogens with zero attached hydrogens (tertiary/aromatic N) is 3. The highest BCUT2D eigenvalue weighted by atomic mass is 32.2. The smallest absolute Gasteiger partial charge is 0.272 e. The first-order chi connectivity index (χ1) is 11.9. The van der Waals surface area contributed by atoms with Gasteiger partial charge in [-0.25, -0.2) is 13.4 Å². The van der Waals surface area contributed by atoms with Crippen molar-refractivity contribution in [2.45, 2.75) is 12.5 Å². The van der Waals surface area contributed by atoms with Crippen molar-refractivity contribution < 1.29 is 13.2 Å². The Morgan fingerprint density at radius 3 is 2.36 bits per heavy atom. The van der Waals surface area contributed by atoms with Crippen LogP contribution in [-0.4, -0.2) is 55.9 Å². The van der Waals surface area contributed by atoms with Crippen LogP contribution < -0.4 is 4.90 Å². The van der Waals surface area contributed by atoms with Gasteiger partial charge in [0.25, 0.3) is 5.91 Å². The molecular weight excluding hydrogens is 338 g/mol. The van der Waals surface area contributed by atoms with Gasteiger partial charge in [-0.2, -0.15) is 0 Å². The van der Waals surface area contributed by atoms with Crippen LogP contribution in [0.5, 0.6) is 0 Å². The van der Waals surface area contributed by atoms with Crippen LogP contribution in [0.4, 0.5) is 11.4 Å². The number of sulfone groups is 1. The Bertz CT molecular complexity index is 851. The predicted molar refractivity (Wildman–Crippen MR) is 97.9 cm³/mol. The lowest BCUT2D eigenvalue weighted by atomic mass is 10.2. The van der Waals surface area contributed by atoms with E-state index in [4.69, 9.17) is 0 Å². The highest BCUT2D eigenvalue weighted by molar-refractivity contribution is 7.91. The summed E-state index contributed by atoms with van der Waals surface area (Å²) >= 11 is 0. The topological polar surface area (TPSA) is 70.6 Å². The highest BCUT2D eigenvalue weighted by Gasteiger charge is 2.33. The van der Waals surface area contributed by atoms with Gasteiger partial charge in [-0.3, -0.25) is 4.79 Å². The monoisotopic (exact) mass is 359 g/mol. The van der Waals surface area contributed by atoms with Crippen LogP contribution in [0.15, 0.2) is 48.7 Å². The van der Waals surface area contributed by atoms with E-state index in [9.17, 15) is 13.2 Å². The Morgan fingerprint density at radius 1 is 1.08 bits per heavy atom. The van der Waals surface area contributed by atoms with E-state index in [0.29, 0.717) is 12.1 Å². The summed E-state index contributed by atoms with van der Waals surface area (Å²) in [6.45, 7) is 0. The molecule has 1 fully saturated rings. The zero-order valence-electron chi connectivity index (χ0n) is 14.3. The van der Waals surface area contributed by atoms with E-state index in [1.165, 1.54) is 4.90 Å². The molecule has 2 aromatic rings. The van der Waals surface area contributed by atoms with Crippen molar-refractivity contribution in [2.75, 3.05) is 30.5 Å². The van der Waals surface area contributed by atoms with E-state index >= 15 is 0 Å². The number of anilines is 2. The van der Waals surface area contributed by atoms with Crippen molar-refractivity contribution >= 4 is 27.1 Å². The van der Waals surface area contributed by atoms with Gasteiger partial charge in [0.05, 0.1) is 23.4 Å². The molecule has 1 amide bonds. The number of carbonyl (C=O) groups excluding carboxylic acids is 1. The van der Waals surface area contributed by atoms with E-state index in [1.54, 1.807) is 19.3 Å². The molecule has 1 saturated heterocycles. The van der Waals surface area contributed by atoms with Crippen molar-refractivity contribution in [1.82, 2.24) is 9.88 Å². The van der Waals surface area contributed by atoms with Crippen LogP contribution >= 0.6 is 0 Å². The summed E-state index contributed by atoms with van der Waals surface area (Å²) in [6, 6.07) is 13.1. The van der Waals surface area contributed by atoms with E-state index in [2.05, 4.69) is 4.98 Å². The average Bonchev–Trinajstić information content (AvgIpc) is 3.00. The van der Waals surface area contributed by atoms with Gasteiger partial charge >= 0.3 is 0 Å². The largest absolute Gasteiger partial charge is 0.343 e. The summed E-state index contributed by atoms with van der Waals surface area (Å²) in [6.07, 6.45) is 2.14. The molecule has 2 heterocycles.